The third-order valence-corrected chi connectivity index (χ3v) is 4.42. The van der Waals surface area contributed by atoms with E-state index in [0.29, 0.717) is 11.4 Å². The van der Waals surface area contributed by atoms with Gasteiger partial charge in [-0.2, -0.15) is 10.2 Å². The zero-order chi connectivity index (χ0) is 21.8. The predicted octanol–water partition coefficient (Wildman–Crippen LogP) is 4.05. The van der Waals surface area contributed by atoms with Crippen LogP contribution in [0.1, 0.15) is 12.6 Å². The standard InChI is InChI=1S/C23H19FN6O/c1-16(25)14-20(27-17-6-3-2-4-7-17)23-22(31)10-13-30(28-23)21-9-8-18(15-19(21)24)29-12-5-11-26-29/h2-15,25,27H,1H3/b20-14-,25-16?. The van der Waals surface area contributed by atoms with Gasteiger partial charge in [0, 0.05) is 42.1 Å². The van der Waals surface area contributed by atoms with E-state index in [1.807, 2.05) is 30.3 Å². The normalized spacial score (nSPS) is 11.4. The zero-order valence-electron chi connectivity index (χ0n) is 16.7. The number of anilines is 1. The maximum atomic E-state index is 14.9. The van der Waals surface area contributed by atoms with E-state index in [1.165, 1.54) is 29.1 Å². The summed E-state index contributed by atoms with van der Waals surface area (Å²) in [6.45, 7) is 1.60. The minimum absolute atomic E-state index is 0.0773. The lowest BCUT2D eigenvalue weighted by molar-refractivity contribution is 0.605. The van der Waals surface area contributed by atoms with Crippen molar-refractivity contribution in [2.24, 2.45) is 0 Å². The van der Waals surface area contributed by atoms with Crippen LogP contribution in [0.25, 0.3) is 17.1 Å². The van der Waals surface area contributed by atoms with E-state index in [2.05, 4.69) is 15.5 Å². The van der Waals surface area contributed by atoms with Crippen molar-refractivity contribution in [1.82, 2.24) is 19.6 Å². The molecule has 0 fully saturated rings. The summed E-state index contributed by atoms with van der Waals surface area (Å²) in [6.07, 6.45) is 6.25. The highest BCUT2D eigenvalue weighted by Crippen LogP contribution is 2.19. The monoisotopic (exact) mass is 414 g/mol. The SMILES string of the molecule is CC(=N)/C=C(\Nc1ccccc1)c1nn(-c2ccc(-n3cccn3)cc2F)ccc1=O. The topological polar surface area (TPSA) is 88.6 Å². The molecule has 0 saturated heterocycles. The average molecular weight is 414 g/mol. The van der Waals surface area contributed by atoms with Gasteiger partial charge in [-0.25, -0.2) is 13.8 Å². The van der Waals surface area contributed by atoms with E-state index >= 15 is 0 Å². The molecule has 4 aromatic rings. The lowest BCUT2D eigenvalue weighted by Crippen LogP contribution is -2.19. The molecular weight excluding hydrogens is 395 g/mol. The number of para-hydroxylation sites is 1. The van der Waals surface area contributed by atoms with Gasteiger partial charge in [-0.15, -0.1) is 0 Å². The second kappa shape index (κ2) is 8.58. The van der Waals surface area contributed by atoms with Crippen LogP contribution in [-0.2, 0) is 0 Å². The number of nitrogens with one attached hydrogen (secondary N) is 2. The van der Waals surface area contributed by atoms with Gasteiger partial charge in [0.05, 0.1) is 11.4 Å². The number of halogens is 1. The molecule has 2 aromatic heterocycles. The molecule has 0 bridgehead atoms. The summed E-state index contributed by atoms with van der Waals surface area (Å²) in [7, 11) is 0. The highest BCUT2D eigenvalue weighted by Gasteiger charge is 2.13. The summed E-state index contributed by atoms with van der Waals surface area (Å²) in [5.41, 5.74) is 1.81. The quantitative estimate of drug-likeness (QED) is 0.466. The molecule has 31 heavy (non-hydrogen) atoms. The third kappa shape index (κ3) is 4.48. The van der Waals surface area contributed by atoms with Crippen molar-refractivity contribution < 1.29 is 4.39 Å². The molecule has 0 unspecified atom stereocenters. The summed E-state index contributed by atoms with van der Waals surface area (Å²) in [5.74, 6) is -0.514. The summed E-state index contributed by atoms with van der Waals surface area (Å²) < 4.78 is 17.7. The van der Waals surface area contributed by atoms with Crippen molar-refractivity contribution in [2.75, 3.05) is 5.32 Å². The van der Waals surface area contributed by atoms with Crippen LogP contribution in [0.5, 0.6) is 0 Å². The van der Waals surface area contributed by atoms with Crippen LogP contribution < -0.4 is 10.7 Å². The Morgan fingerprint density at radius 2 is 1.87 bits per heavy atom. The predicted molar refractivity (Wildman–Crippen MR) is 118 cm³/mol. The van der Waals surface area contributed by atoms with Crippen molar-refractivity contribution in [3.05, 3.63) is 107 Å². The van der Waals surface area contributed by atoms with Crippen molar-refractivity contribution >= 4 is 17.1 Å². The van der Waals surface area contributed by atoms with Crippen LogP contribution in [-0.4, -0.2) is 25.3 Å². The maximum Gasteiger partial charge on any atom is 0.209 e. The number of nitrogens with zero attached hydrogens (tertiary/aromatic N) is 4. The van der Waals surface area contributed by atoms with Crippen molar-refractivity contribution in [1.29, 1.82) is 5.41 Å². The second-order valence-electron chi connectivity index (χ2n) is 6.79. The summed E-state index contributed by atoms with van der Waals surface area (Å²) in [6, 6.07) is 17.0. The Kier molecular flexibility index (Phi) is 5.53. The molecule has 0 aliphatic heterocycles. The van der Waals surface area contributed by atoms with Gasteiger partial charge in [-0.3, -0.25) is 4.79 Å². The van der Waals surface area contributed by atoms with Gasteiger partial charge >= 0.3 is 0 Å². The number of allylic oxidation sites excluding steroid dienone is 1. The molecule has 0 aliphatic carbocycles. The van der Waals surface area contributed by atoms with Gasteiger partial charge in [-0.05, 0) is 43.3 Å². The van der Waals surface area contributed by atoms with Crippen LogP contribution in [0.3, 0.4) is 0 Å². The number of hydrogen-bond acceptors (Lipinski definition) is 5. The largest absolute Gasteiger partial charge is 0.354 e. The zero-order valence-corrected chi connectivity index (χ0v) is 16.7. The van der Waals surface area contributed by atoms with E-state index in [9.17, 15) is 9.18 Å². The minimum Gasteiger partial charge on any atom is -0.354 e. The van der Waals surface area contributed by atoms with Gasteiger partial charge in [-0.1, -0.05) is 18.2 Å². The fraction of sp³-hybridized carbons (Fsp3) is 0.0435. The molecule has 0 atom stereocenters. The fourth-order valence-electron chi connectivity index (χ4n) is 3.03. The Bertz CT molecular complexity index is 1310. The lowest BCUT2D eigenvalue weighted by atomic mass is 10.2. The third-order valence-electron chi connectivity index (χ3n) is 4.42. The van der Waals surface area contributed by atoms with Gasteiger partial charge in [0.25, 0.3) is 0 Å². The van der Waals surface area contributed by atoms with Crippen LogP contribution in [0.4, 0.5) is 10.1 Å². The number of benzene rings is 2. The first kappa shape index (κ1) is 20.0. The smallest absolute Gasteiger partial charge is 0.209 e. The molecule has 2 N–H and O–H groups in total. The van der Waals surface area contributed by atoms with E-state index in [0.717, 1.165) is 5.69 Å². The molecular formula is C23H19FN6O. The minimum atomic E-state index is -0.514. The number of rotatable bonds is 6. The van der Waals surface area contributed by atoms with Crippen LogP contribution >= 0.6 is 0 Å². The first-order valence-corrected chi connectivity index (χ1v) is 9.50. The molecule has 0 aliphatic rings. The summed E-state index contributed by atoms with van der Waals surface area (Å²) >= 11 is 0. The van der Waals surface area contributed by atoms with E-state index < -0.39 is 5.82 Å². The van der Waals surface area contributed by atoms with E-state index in [-0.39, 0.29) is 22.5 Å². The Hall–Kier alpha value is -4.33. The van der Waals surface area contributed by atoms with Gasteiger partial charge < -0.3 is 10.7 Å². The molecule has 4 rings (SSSR count). The molecule has 8 heteroatoms. The molecule has 2 heterocycles. The van der Waals surface area contributed by atoms with E-state index in [1.54, 1.807) is 42.2 Å². The molecule has 0 amide bonds. The van der Waals surface area contributed by atoms with Gasteiger partial charge in [0.15, 0.2) is 11.5 Å². The number of hydrogen-bond donors (Lipinski definition) is 2. The Morgan fingerprint density at radius 3 is 2.55 bits per heavy atom. The lowest BCUT2D eigenvalue weighted by Gasteiger charge is -2.13. The second-order valence-corrected chi connectivity index (χ2v) is 6.79. The average Bonchev–Trinajstić information content (AvgIpc) is 3.29. The molecule has 0 radical (unpaired) electrons. The molecule has 7 nitrogen and oxygen atoms in total. The van der Waals surface area contributed by atoms with E-state index in [4.69, 9.17) is 5.41 Å². The molecule has 154 valence electrons. The van der Waals surface area contributed by atoms with Gasteiger partial charge in [0.2, 0.25) is 5.43 Å². The van der Waals surface area contributed by atoms with Gasteiger partial charge in [0.1, 0.15) is 5.69 Å². The van der Waals surface area contributed by atoms with Crippen molar-refractivity contribution in [3.63, 3.8) is 0 Å². The Labute approximate surface area is 177 Å². The van der Waals surface area contributed by atoms with Crippen LogP contribution in [0, 0.1) is 11.2 Å². The summed E-state index contributed by atoms with van der Waals surface area (Å²) in [4.78, 5) is 12.6. The summed E-state index contributed by atoms with van der Waals surface area (Å²) in [5, 5.41) is 19.4. The van der Waals surface area contributed by atoms with Crippen LogP contribution in [0.2, 0.25) is 0 Å². The van der Waals surface area contributed by atoms with Crippen molar-refractivity contribution in [2.45, 2.75) is 6.92 Å². The first-order chi connectivity index (χ1) is 15.0. The number of aromatic nitrogens is 4. The maximum absolute atomic E-state index is 14.9. The Balaban J connectivity index is 1.75. The van der Waals surface area contributed by atoms with Crippen LogP contribution in [0.15, 0.2) is 90.1 Å². The first-order valence-electron chi connectivity index (χ1n) is 9.50. The highest BCUT2D eigenvalue weighted by molar-refractivity contribution is 5.98. The molecule has 0 saturated carbocycles. The highest BCUT2D eigenvalue weighted by atomic mass is 19.1. The van der Waals surface area contributed by atoms with Crippen molar-refractivity contribution in [3.8, 4) is 11.4 Å². The Morgan fingerprint density at radius 1 is 1.06 bits per heavy atom. The fourth-order valence-corrected chi connectivity index (χ4v) is 3.03. The molecule has 2 aromatic carbocycles. The molecule has 0 spiro atoms.